The number of rotatable bonds is 3. The van der Waals surface area contributed by atoms with E-state index in [2.05, 4.69) is 59.2 Å². The highest BCUT2D eigenvalue weighted by Crippen LogP contribution is 2.35. The maximum atomic E-state index is 13.3. The number of carbonyl (C=O) groups excluding carboxylic acids is 1. The predicted molar refractivity (Wildman–Crippen MR) is 114 cm³/mol. The van der Waals surface area contributed by atoms with Crippen LogP contribution >= 0.6 is 15.9 Å². The summed E-state index contributed by atoms with van der Waals surface area (Å²) in [4.78, 5) is 17.7. The summed E-state index contributed by atoms with van der Waals surface area (Å²) in [6.07, 6.45) is 5.46. The number of aromatic nitrogens is 4. The number of nitrogens with zero attached hydrogens (tertiary/aromatic N) is 6. The molecule has 0 bridgehead atoms. The number of fused-ring (bicyclic) bond motifs is 1. The zero-order valence-electron chi connectivity index (χ0n) is 16.1. The third-order valence-corrected chi connectivity index (χ3v) is 6.58. The minimum absolute atomic E-state index is 0.0950. The van der Waals surface area contributed by atoms with Crippen molar-refractivity contribution < 1.29 is 4.79 Å². The lowest BCUT2D eigenvalue weighted by atomic mass is 9.94. The van der Waals surface area contributed by atoms with Gasteiger partial charge in [-0.25, -0.2) is 0 Å². The van der Waals surface area contributed by atoms with Crippen molar-refractivity contribution in [3.63, 3.8) is 0 Å². The average molecular weight is 455 g/mol. The first-order valence-corrected chi connectivity index (χ1v) is 11.0. The topological polar surface area (TPSA) is 66.6 Å². The van der Waals surface area contributed by atoms with Gasteiger partial charge in [-0.05, 0) is 55.5 Å². The van der Waals surface area contributed by atoms with Gasteiger partial charge in [-0.2, -0.15) is 4.52 Å². The van der Waals surface area contributed by atoms with Gasteiger partial charge < -0.3 is 9.80 Å². The number of benzene rings is 1. The van der Waals surface area contributed by atoms with E-state index < -0.39 is 0 Å². The minimum Gasteiger partial charge on any atom is -0.355 e. The summed E-state index contributed by atoms with van der Waals surface area (Å²) in [5.41, 5.74) is 1.97. The molecule has 0 saturated carbocycles. The monoisotopic (exact) mass is 454 g/mol. The second-order valence-corrected chi connectivity index (χ2v) is 8.75. The van der Waals surface area contributed by atoms with Crippen molar-refractivity contribution in [1.29, 1.82) is 0 Å². The van der Waals surface area contributed by atoms with Crippen LogP contribution in [0.2, 0.25) is 0 Å². The highest BCUT2D eigenvalue weighted by molar-refractivity contribution is 9.10. The van der Waals surface area contributed by atoms with Crippen LogP contribution in [0.5, 0.6) is 0 Å². The Morgan fingerprint density at radius 2 is 1.93 bits per heavy atom. The quantitative estimate of drug-likeness (QED) is 0.605. The normalized spacial score (nSPS) is 20.5. The van der Waals surface area contributed by atoms with Crippen LogP contribution in [0.15, 0.2) is 47.2 Å². The Kier molecular flexibility index (Phi) is 4.95. The van der Waals surface area contributed by atoms with Crippen molar-refractivity contribution in [3.8, 4) is 0 Å². The first-order valence-electron chi connectivity index (χ1n) is 10.2. The van der Waals surface area contributed by atoms with Crippen LogP contribution in [0.4, 0.5) is 5.82 Å². The average Bonchev–Trinajstić information content (AvgIpc) is 3.42. The Morgan fingerprint density at radius 1 is 1.07 bits per heavy atom. The van der Waals surface area contributed by atoms with E-state index in [0.717, 1.165) is 61.3 Å². The molecule has 3 aromatic rings. The Hall–Kier alpha value is -2.48. The Labute approximate surface area is 177 Å². The van der Waals surface area contributed by atoms with Gasteiger partial charge in [-0.15, -0.1) is 15.3 Å². The summed E-state index contributed by atoms with van der Waals surface area (Å²) in [6, 6.07) is 12.5. The van der Waals surface area contributed by atoms with Crippen molar-refractivity contribution in [2.45, 2.75) is 31.7 Å². The van der Waals surface area contributed by atoms with Crippen molar-refractivity contribution in [2.75, 3.05) is 24.5 Å². The lowest BCUT2D eigenvalue weighted by Crippen LogP contribution is -2.42. The van der Waals surface area contributed by atoms with Gasteiger partial charge in [-0.3, -0.25) is 4.79 Å². The third kappa shape index (κ3) is 3.61. The van der Waals surface area contributed by atoms with E-state index in [0.29, 0.717) is 5.91 Å². The maximum Gasteiger partial charge on any atom is 0.226 e. The molecule has 29 heavy (non-hydrogen) atoms. The molecular weight excluding hydrogens is 432 g/mol. The molecule has 0 aliphatic carbocycles. The molecule has 2 aliphatic rings. The van der Waals surface area contributed by atoms with Crippen LogP contribution in [-0.2, 0) is 4.79 Å². The molecule has 7 nitrogen and oxygen atoms in total. The van der Waals surface area contributed by atoms with Crippen LogP contribution < -0.4 is 4.90 Å². The largest absolute Gasteiger partial charge is 0.355 e. The second kappa shape index (κ2) is 7.74. The smallest absolute Gasteiger partial charge is 0.226 e. The standard InChI is InChI=1S/C21H23BrN6O/c22-17-4-1-3-16(13-17)18-5-2-10-27(18)21(29)15-8-11-26(12-9-15)20-7-6-19-24-23-14-28(19)25-20/h1,3-4,6-7,13-15,18H,2,5,8-12H2. The molecule has 2 aliphatic heterocycles. The van der Waals surface area contributed by atoms with Gasteiger partial charge in [-0.1, -0.05) is 28.1 Å². The van der Waals surface area contributed by atoms with Crippen molar-refractivity contribution in [1.82, 2.24) is 24.7 Å². The molecule has 0 N–H and O–H groups in total. The Balaban J connectivity index is 1.26. The molecule has 2 saturated heterocycles. The summed E-state index contributed by atoms with van der Waals surface area (Å²) in [7, 11) is 0. The van der Waals surface area contributed by atoms with E-state index in [1.54, 1.807) is 10.8 Å². The fourth-order valence-electron chi connectivity index (χ4n) is 4.57. The van der Waals surface area contributed by atoms with Gasteiger partial charge >= 0.3 is 0 Å². The van der Waals surface area contributed by atoms with Gasteiger partial charge in [0, 0.05) is 30.0 Å². The van der Waals surface area contributed by atoms with Crippen molar-refractivity contribution in [2.24, 2.45) is 5.92 Å². The lowest BCUT2D eigenvalue weighted by Gasteiger charge is -2.35. The zero-order valence-corrected chi connectivity index (χ0v) is 17.7. The Morgan fingerprint density at radius 3 is 2.76 bits per heavy atom. The highest BCUT2D eigenvalue weighted by Gasteiger charge is 2.35. The van der Waals surface area contributed by atoms with Crippen LogP contribution in [0.1, 0.15) is 37.3 Å². The van der Waals surface area contributed by atoms with Crippen molar-refractivity contribution in [3.05, 3.63) is 52.8 Å². The summed E-state index contributed by atoms with van der Waals surface area (Å²) in [5.74, 6) is 1.32. The number of likely N-dealkylation sites (tertiary alicyclic amines) is 1. The van der Waals surface area contributed by atoms with Gasteiger partial charge in [0.1, 0.15) is 12.1 Å². The molecule has 150 valence electrons. The minimum atomic E-state index is 0.0950. The zero-order chi connectivity index (χ0) is 19.8. The van der Waals surface area contributed by atoms with E-state index in [9.17, 15) is 4.79 Å². The summed E-state index contributed by atoms with van der Waals surface area (Å²) in [6.45, 7) is 2.54. The Bertz CT molecular complexity index is 1030. The predicted octanol–water partition coefficient (Wildman–Crippen LogP) is 3.47. The molecule has 1 unspecified atom stereocenters. The van der Waals surface area contributed by atoms with Crippen LogP contribution in [-0.4, -0.2) is 50.3 Å². The molecule has 2 aromatic heterocycles. The summed E-state index contributed by atoms with van der Waals surface area (Å²) >= 11 is 3.56. The number of piperidine rings is 1. The summed E-state index contributed by atoms with van der Waals surface area (Å²) < 4.78 is 2.76. The summed E-state index contributed by atoms with van der Waals surface area (Å²) in [5, 5.41) is 12.5. The molecule has 1 aromatic carbocycles. The third-order valence-electron chi connectivity index (χ3n) is 6.09. The molecule has 0 spiro atoms. The number of carbonyl (C=O) groups is 1. The fraction of sp³-hybridized carbons (Fsp3) is 0.429. The molecule has 2 fully saturated rings. The van der Waals surface area contributed by atoms with Gasteiger partial charge in [0.25, 0.3) is 0 Å². The van der Waals surface area contributed by atoms with E-state index in [4.69, 9.17) is 0 Å². The number of anilines is 1. The van der Waals surface area contributed by atoms with Crippen molar-refractivity contribution >= 4 is 33.3 Å². The molecule has 8 heteroatoms. The highest BCUT2D eigenvalue weighted by atomic mass is 79.9. The van der Waals surface area contributed by atoms with Crippen LogP contribution in [0.3, 0.4) is 0 Å². The first kappa shape index (κ1) is 18.5. The molecular formula is C21H23BrN6O. The van der Waals surface area contributed by atoms with Gasteiger partial charge in [0.15, 0.2) is 5.65 Å². The van der Waals surface area contributed by atoms with Gasteiger partial charge in [0.2, 0.25) is 5.91 Å². The van der Waals surface area contributed by atoms with E-state index in [1.165, 1.54) is 5.56 Å². The number of hydrogen-bond acceptors (Lipinski definition) is 5. The SMILES string of the molecule is O=C(C1CCN(c2ccc3nncn3n2)CC1)N1CCCC1c1cccc(Br)c1. The molecule has 0 radical (unpaired) electrons. The maximum absolute atomic E-state index is 13.3. The first-order chi connectivity index (χ1) is 14.2. The molecule has 1 atom stereocenters. The fourth-order valence-corrected chi connectivity index (χ4v) is 4.98. The molecule has 5 rings (SSSR count). The van der Waals surface area contributed by atoms with Crippen LogP contribution in [0.25, 0.3) is 5.65 Å². The number of halogens is 1. The lowest BCUT2D eigenvalue weighted by molar-refractivity contribution is -0.137. The number of hydrogen-bond donors (Lipinski definition) is 0. The van der Waals surface area contributed by atoms with E-state index >= 15 is 0 Å². The second-order valence-electron chi connectivity index (χ2n) is 7.83. The molecule has 4 heterocycles. The van der Waals surface area contributed by atoms with E-state index in [1.807, 2.05) is 18.2 Å². The van der Waals surface area contributed by atoms with Gasteiger partial charge in [0.05, 0.1) is 6.04 Å². The van der Waals surface area contributed by atoms with E-state index in [-0.39, 0.29) is 12.0 Å². The molecule has 1 amide bonds. The number of amides is 1. The van der Waals surface area contributed by atoms with Crippen LogP contribution in [0, 0.1) is 5.92 Å².